The zero-order valence-corrected chi connectivity index (χ0v) is 26.5. The molecule has 2 aromatic heterocycles. The summed E-state index contributed by atoms with van der Waals surface area (Å²) in [5, 5.41) is 22.9. The third kappa shape index (κ3) is 13.1. The van der Waals surface area contributed by atoms with Crippen molar-refractivity contribution in [2.45, 2.75) is 112 Å². The number of thiazole rings is 2. The van der Waals surface area contributed by atoms with Crippen LogP contribution in [0, 0.1) is 5.92 Å². The van der Waals surface area contributed by atoms with E-state index in [0.717, 1.165) is 15.6 Å². The fourth-order valence-corrected chi connectivity index (χ4v) is 4.91. The number of ether oxygens (including phenoxy) is 1. The summed E-state index contributed by atoms with van der Waals surface area (Å²) in [5.41, 5.74) is 2.55. The summed E-state index contributed by atoms with van der Waals surface area (Å²) in [6.45, 7) is 16.6. The lowest BCUT2D eigenvalue weighted by atomic mass is 10.0. The van der Waals surface area contributed by atoms with E-state index in [1.807, 2.05) is 46.9 Å². The Morgan fingerprint density at radius 1 is 1.05 bits per heavy atom. The number of carbonyl (C=O) groups is 2. The second-order valence-corrected chi connectivity index (χ2v) is 11.9. The highest BCUT2D eigenvalue weighted by Crippen LogP contribution is 2.20. The number of alkyl carbamates (subject to hydrolysis) is 1. The van der Waals surface area contributed by atoms with Gasteiger partial charge in [0.15, 0.2) is 0 Å². The van der Waals surface area contributed by atoms with E-state index in [1.54, 1.807) is 35.0 Å². The van der Waals surface area contributed by atoms with E-state index in [0.29, 0.717) is 25.3 Å². The number of hydrogen-bond donors (Lipinski definition) is 4. The van der Waals surface area contributed by atoms with Crippen LogP contribution in [0.2, 0.25) is 0 Å². The second kappa shape index (κ2) is 18.1. The molecule has 0 aromatic carbocycles. The molecule has 4 unspecified atom stereocenters. The van der Waals surface area contributed by atoms with E-state index in [-0.39, 0.29) is 30.6 Å². The molecule has 3 amide bonds. The minimum Gasteiger partial charge on any atom is -0.444 e. The van der Waals surface area contributed by atoms with Crippen molar-refractivity contribution in [3.8, 4) is 0 Å². The summed E-state index contributed by atoms with van der Waals surface area (Å²) >= 11 is 3.04. The third-order valence-corrected chi connectivity index (χ3v) is 7.79. The monoisotopic (exact) mass is 584 g/mol. The summed E-state index contributed by atoms with van der Waals surface area (Å²) < 4.78 is 5.21. The zero-order chi connectivity index (χ0) is 29.5. The molecule has 0 fully saturated rings. The predicted molar refractivity (Wildman–Crippen MR) is 159 cm³/mol. The van der Waals surface area contributed by atoms with Crippen molar-refractivity contribution in [3.05, 3.63) is 32.7 Å². The number of hydrogen-bond acceptors (Lipinski definition) is 9. The van der Waals surface area contributed by atoms with E-state index in [9.17, 15) is 14.7 Å². The standard InChI is InChI=1S/C25H42N6O4S2.C2H6/c1-15(2)21(30-24(33)31(7)11-19-13-36-23(29-19)16(3)4)22(32)27-17(5)8-9-18(6)28-25(34)35-12-20-10-26-14-37-20;1-2/h10,13-18,21-22,27,32H,8-9,11-12H2,1-7H3,(H,28,34)(H,30,33);1-2H3. The lowest BCUT2D eigenvalue weighted by Gasteiger charge is -2.32. The van der Waals surface area contributed by atoms with Crippen molar-refractivity contribution in [3.63, 3.8) is 0 Å². The molecule has 0 radical (unpaired) electrons. The maximum absolute atomic E-state index is 12.8. The molecule has 12 heteroatoms. The number of rotatable bonds is 14. The van der Waals surface area contributed by atoms with Crippen LogP contribution in [-0.2, 0) is 17.9 Å². The van der Waals surface area contributed by atoms with Gasteiger partial charge in [0.2, 0.25) is 0 Å². The van der Waals surface area contributed by atoms with Gasteiger partial charge < -0.3 is 25.4 Å². The Morgan fingerprint density at radius 3 is 2.28 bits per heavy atom. The molecule has 0 aliphatic carbocycles. The molecule has 0 aliphatic rings. The number of nitrogens with one attached hydrogen (secondary N) is 3. The molecule has 2 heterocycles. The Kier molecular flexibility index (Phi) is 16.2. The van der Waals surface area contributed by atoms with Crippen molar-refractivity contribution in [2.75, 3.05) is 7.05 Å². The predicted octanol–water partition coefficient (Wildman–Crippen LogP) is 5.31. The minimum atomic E-state index is -0.924. The molecule has 39 heavy (non-hydrogen) atoms. The molecule has 222 valence electrons. The Hall–Kier alpha value is -2.28. The minimum absolute atomic E-state index is 0.00720. The van der Waals surface area contributed by atoms with Gasteiger partial charge in [-0.3, -0.25) is 10.3 Å². The van der Waals surface area contributed by atoms with Gasteiger partial charge in [0.25, 0.3) is 0 Å². The fourth-order valence-electron chi connectivity index (χ4n) is 3.58. The number of aliphatic hydroxyl groups is 1. The van der Waals surface area contributed by atoms with Crippen LogP contribution in [0.4, 0.5) is 9.59 Å². The van der Waals surface area contributed by atoms with Gasteiger partial charge in [0.05, 0.1) is 33.7 Å². The van der Waals surface area contributed by atoms with E-state index in [2.05, 4.69) is 39.8 Å². The van der Waals surface area contributed by atoms with Crippen molar-refractivity contribution >= 4 is 34.8 Å². The van der Waals surface area contributed by atoms with Crippen LogP contribution in [0.3, 0.4) is 0 Å². The molecule has 0 saturated carbocycles. The third-order valence-electron chi connectivity index (χ3n) is 5.84. The number of amides is 3. The zero-order valence-electron chi connectivity index (χ0n) is 24.9. The van der Waals surface area contributed by atoms with Crippen LogP contribution in [0.15, 0.2) is 17.1 Å². The topological polar surface area (TPSA) is 129 Å². The van der Waals surface area contributed by atoms with Gasteiger partial charge in [-0.25, -0.2) is 14.6 Å². The van der Waals surface area contributed by atoms with E-state index in [1.165, 1.54) is 11.3 Å². The van der Waals surface area contributed by atoms with E-state index < -0.39 is 18.4 Å². The molecule has 0 bridgehead atoms. The molecule has 4 atom stereocenters. The maximum atomic E-state index is 12.8. The summed E-state index contributed by atoms with van der Waals surface area (Å²) in [4.78, 5) is 35.8. The van der Waals surface area contributed by atoms with Crippen LogP contribution in [0.5, 0.6) is 0 Å². The Balaban J connectivity index is 0.00000371. The molecule has 0 saturated heterocycles. The highest BCUT2D eigenvalue weighted by molar-refractivity contribution is 7.09. The molecule has 2 rings (SSSR count). The van der Waals surface area contributed by atoms with Crippen molar-refractivity contribution in [1.29, 1.82) is 0 Å². The van der Waals surface area contributed by atoms with Gasteiger partial charge in [0.1, 0.15) is 12.8 Å². The first-order chi connectivity index (χ1) is 18.5. The number of urea groups is 1. The molecule has 2 aromatic rings. The lowest BCUT2D eigenvalue weighted by Crippen LogP contribution is -2.56. The lowest BCUT2D eigenvalue weighted by molar-refractivity contribution is 0.0639. The molecule has 10 nitrogen and oxygen atoms in total. The highest BCUT2D eigenvalue weighted by atomic mass is 32.1. The Morgan fingerprint density at radius 2 is 1.72 bits per heavy atom. The molecule has 0 aliphatic heterocycles. The summed E-state index contributed by atoms with van der Waals surface area (Å²) in [5.74, 6) is 0.362. The quantitative estimate of drug-likeness (QED) is 0.222. The van der Waals surface area contributed by atoms with E-state index >= 15 is 0 Å². The first kappa shape index (κ1) is 34.7. The summed E-state index contributed by atoms with van der Waals surface area (Å²) in [6.07, 6.45) is 1.70. The van der Waals surface area contributed by atoms with Crippen LogP contribution >= 0.6 is 22.7 Å². The molecular formula is C27H48N6O4S2. The largest absolute Gasteiger partial charge is 0.444 e. The van der Waals surface area contributed by atoms with Crippen molar-refractivity contribution < 1.29 is 19.4 Å². The van der Waals surface area contributed by atoms with Crippen molar-refractivity contribution in [2.24, 2.45) is 5.92 Å². The van der Waals surface area contributed by atoms with Crippen molar-refractivity contribution in [1.82, 2.24) is 30.8 Å². The molecule has 0 spiro atoms. The average molecular weight is 585 g/mol. The number of aromatic nitrogens is 2. The summed E-state index contributed by atoms with van der Waals surface area (Å²) in [6, 6.07) is -0.864. The van der Waals surface area contributed by atoms with Crippen LogP contribution in [0.1, 0.15) is 89.7 Å². The fraction of sp³-hybridized carbons (Fsp3) is 0.704. The first-order valence-electron chi connectivity index (χ1n) is 13.7. The highest BCUT2D eigenvalue weighted by Gasteiger charge is 2.27. The second-order valence-electron chi connectivity index (χ2n) is 10.1. The molecular weight excluding hydrogens is 536 g/mol. The van der Waals surface area contributed by atoms with Gasteiger partial charge in [-0.1, -0.05) is 41.5 Å². The van der Waals surface area contributed by atoms with Gasteiger partial charge >= 0.3 is 12.1 Å². The van der Waals surface area contributed by atoms with E-state index in [4.69, 9.17) is 4.74 Å². The van der Waals surface area contributed by atoms with Crippen LogP contribution < -0.4 is 16.0 Å². The number of aliphatic hydroxyl groups excluding tert-OH is 1. The number of nitrogens with zero attached hydrogens (tertiary/aromatic N) is 3. The van der Waals surface area contributed by atoms with Gasteiger partial charge in [-0.05, 0) is 32.6 Å². The van der Waals surface area contributed by atoms with Gasteiger partial charge in [-0.2, -0.15) is 0 Å². The van der Waals surface area contributed by atoms with Gasteiger partial charge in [-0.15, -0.1) is 22.7 Å². The van der Waals surface area contributed by atoms with Crippen LogP contribution in [0.25, 0.3) is 0 Å². The Labute approximate surface area is 242 Å². The Bertz CT molecular complexity index is 954. The SMILES string of the molecule is CC.CC(CCC(C)NC(O)C(NC(=O)N(C)Cc1csc(C(C)C)n1)C(C)C)NC(=O)OCc1cncs1. The first-order valence-corrected chi connectivity index (χ1v) is 15.4. The summed E-state index contributed by atoms with van der Waals surface area (Å²) in [7, 11) is 1.72. The maximum Gasteiger partial charge on any atom is 0.407 e. The average Bonchev–Trinajstić information content (AvgIpc) is 3.58. The van der Waals surface area contributed by atoms with Crippen LogP contribution in [-0.4, -0.2) is 63.5 Å². The number of carbonyl (C=O) groups excluding carboxylic acids is 2. The smallest absolute Gasteiger partial charge is 0.407 e. The van der Waals surface area contributed by atoms with Gasteiger partial charge in [0, 0.05) is 36.6 Å². The molecule has 4 N–H and O–H groups in total. The normalized spacial score (nSPS) is 14.2.